The van der Waals surface area contributed by atoms with Gasteiger partial charge in [-0.25, -0.2) is 4.79 Å². The highest BCUT2D eigenvalue weighted by atomic mass is 32.2. The second kappa shape index (κ2) is 10.9. The Morgan fingerprint density at radius 3 is 2.86 bits per heavy atom. The molecule has 1 saturated heterocycles. The Kier molecular flexibility index (Phi) is 8.82. The summed E-state index contributed by atoms with van der Waals surface area (Å²) in [7, 11) is 0. The highest BCUT2D eigenvalue weighted by Crippen LogP contribution is 2.32. The van der Waals surface area contributed by atoms with Crippen LogP contribution < -0.4 is 11.2 Å². The number of hydrogen-bond acceptors (Lipinski definition) is 6. The van der Waals surface area contributed by atoms with Crippen LogP contribution in [0.15, 0.2) is 15.8 Å². The van der Waals surface area contributed by atoms with Gasteiger partial charge in [-0.05, 0) is 12.2 Å². The van der Waals surface area contributed by atoms with E-state index in [1.807, 2.05) is 0 Å². The number of aromatic amines is 1. The lowest BCUT2D eigenvalue weighted by atomic mass is 10.2. The quantitative estimate of drug-likeness (QED) is 0.345. The summed E-state index contributed by atoms with van der Waals surface area (Å²) in [5.74, 6) is 3.71. The number of ether oxygens (including phenoxy) is 3. The third-order valence-corrected chi connectivity index (χ3v) is 5.15. The van der Waals surface area contributed by atoms with Crippen LogP contribution >= 0.6 is 11.8 Å². The third-order valence-electron chi connectivity index (χ3n) is 4.24. The van der Waals surface area contributed by atoms with E-state index in [4.69, 9.17) is 20.6 Å². The zero-order valence-electron chi connectivity index (χ0n) is 15.9. The van der Waals surface area contributed by atoms with Gasteiger partial charge in [-0.3, -0.25) is 14.3 Å². The van der Waals surface area contributed by atoms with Gasteiger partial charge in [0, 0.05) is 12.6 Å². The van der Waals surface area contributed by atoms with Gasteiger partial charge in [-0.1, -0.05) is 19.3 Å². The van der Waals surface area contributed by atoms with Gasteiger partial charge >= 0.3 is 11.9 Å². The average Bonchev–Trinajstić information content (AvgIpc) is 3.04. The van der Waals surface area contributed by atoms with E-state index in [0.717, 1.165) is 18.6 Å². The molecule has 0 amide bonds. The number of halogens is 3. The van der Waals surface area contributed by atoms with Gasteiger partial charge in [0.05, 0.1) is 18.6 Å². The molecular weight excluding hydrogens is 413 g/mol. The number of nitrogens with zero attached hydrogens (tertiary/aromatic N) is 1. The number of H-pyrrole nitrogens is 1. The SMILES string of the molecule is C#CCO[C@H]1C[C@H](n2cc(C(F)(F)F)c(=O)[nH]c2=O)O[C@@H]1COCSCCCC. The zero-order valence-corrected chi connectivity index (χ0v) is 16.7. The minimum atomic E-state index is -4.90. The van der Waals surface area contributed by atoms with Crippen molar-refractivity contribution in [2.45, 2.75) is 50.8 Å². The van der Waals surface area contributed by atoms with E-state index in [2.05, 4.69) is 12.8 Å². The number of thioether (sulfide) groups is 1. The molecule has 1 aromatic rings. The van der Waals surface area contributed by atoms with E-state index in [0.29, 0.717) is 16.7 Å². The number of hydrogen-bond donors (Lipinski definition) is 1. The minimum Gasteiger partial charge on any atom is -0.368 e. The summed E-state index contributed by atoms with van der Waals surface area (Å²) in [4.78, 5) is 25.2. The van der Waals surface area contributed by atoms with Gasteiger partial charge in [-0.2, -0.15) is 13.2 Å². The van der Waals surface area contributed by atoms with Crippen LogP contribution in [0, 0.1) is 12.3 Å². The van der Waals surface area contributed by atoms with Crippen LogP contribution in [0.5, 0.6) is 0 Å². The topological polar surface area (TPSA) is 82.6 Å². The van der Waals surface area contributed by atoms with Crippen molar-refractivity contribution < 1.29 is 27.4 Å². The smallest absolute Gasteiger partial charge is 0.368 e. The first kappa shape index (κ1) is 23.5. The van der Waals surface area contributed by atoms with Crippen LogP contribution in [-0.4, -0.2) is 46.7 Å². The second-order valence-corrected chi connectivity index (χ2v) is 7.43. The molecule has 0 aromatic carbocycles. The summed E-state index contributed by atoms with van der Waals surface area (Å²) in [6.07, 6.45) is 0.768. The summed E-state index contributed by atoms with van der Waals surface area (Å²) in [5, 5.41) is 0. The molecule has 2 heterocycles. The van der Waals surface area contributed by atoms with E-state index in [9.17, 15) is 22.8 Å². The Labute approximate surface area is 169 Å². The molecule has 0 radical (unpaired) electrons. The van der Waals surface area contributed by atoms with Crippen LogP contribution in [0.1, 0.15) is 38.0 Å². The molecule has 0 unspecified atom stereocenters. The first-order valence-electron chi connectivity index (χ1n) is 9.06. The molecule has 2 rings (SSSR count). The summed E-state index contributed by atoms with van der Waals surface area (Å²) in [6, 6.07) is 0. The Bertz CT molecular complexity index is 817. The van der Waals surface area contributed by atoms with Crippen LogP contribution in [-0.2, 0) is 20.4 Å². The van der Waals surface area contributed by atoms with E-state index < -0.39 is 41.4 Å². The van der Waals surface area contributed by atoms with Crippen molar-refractivity contribution in [1.82, 2.24) is 9.55 Å². The fourth-order valence-corrected chi connectivity index (χ4v) is 3.61. The summed E-state index contributed by atoms with van der Waals surface area (Å²) < 4.78 is 56.6. The Hall–Kier alpha value is -1.74. The molecule has 1 aliphatic heterocycles. The molecule has 1 aromatic heterocycles. The van der Waals surface area contributed by atoms with Crippen LogP contribution in [0.2, 0.25) is 0 Å². The molecule has 1 N–H and O–H groups in total. The lowest BCUT2D eigenvalue weighted by Crippen LogP contribution is -2.36. The summed E-state index contributed by atoms with van der Waals surface area (Å²) >= 11 is 1.62. The molecule has 0 spiro atoms. The Morgan fingerprint density at radius 2 is 2.21 bits per heavy atom. The Morgan fingerprint density at radius 1 is 1.45 bits per heavy atom. The predicted molar refractivity (Wildman–Crippen MR) is 102 cm³/mol. The van der Waals surface area contributed by atoms with Crippen molar-refractivity contribution in [3.05, 3.63) is 32.6 Å². The lowest BCUT2D eigenvalue weighted by Gasteiger charge is -2.18. The van der Waals surface area contributed by atoms with Gasteiger partial charge in [0.15, 0.2) is 0 Å². The van der Waals surface area contributed by atoms with Crippen LogP contribution in [0.4, 0.5) is 13.2 Å². The van der Waals surface area contributed by atoms with Gasteiger partial charge < -0.3 is 14.2 Å². The van der Waals surface area contributed by atoms with E-state index in [-0.39, 0.29) is 19.6 Å². The molecule has 1 fully saturated rings. The number of nitrogens with one attached hydrogen (secondary N) is 1. The average molecular weight is 436 g/mol. The molecule has 7 nitrogen and oxygen atoms in total. The predicted octanol–water partition coefficient (Wildman–Crippen LogP) is 2.37. The second-order valence-electron chi connectivity index (χ2n) is 6.38. The standard InChI is InChI=1S/C18H23F3N2O5S/c1-3-5-7-29-11-26-10-14-13(27-6-4-2)8-15(28-14)23-9-12(18(19,20)21)16(24)22-17(23)25/h2,9,13-15H,3,5-8,10-11H2,1H3,(H,22,24,25)/t13-,14+,15+/m0/s1. The lowest BCUT2D eigenvalue weighted by molar-refractivity contribution is -0.139. The van der Waals surface area contributed by atoms with Crippen molar-refractivity contribution in [1.29, 1.82) is 0 Å². The maximum absolute atomic E-state index is 13.0. The fraction of sp³-hybridized carbons (Fsp3) is 0.667. The highest BCUT2D eigenvalue weighted by molar-refractivity contribution is 7.99. The Balaban J connectivity index is 2.11. The van der Waals surface area contributed by atoms with E-state index in [1.165, 1.54) is 0 Å². The molecule has 0 saturated carbocycles. The van der Waals surface area contributed by atoms with Crippen LogP contribution in [0.3, 0.4) is 0 Å². The summed E-state index contributed by atoms with van der Waals surface area (Å²) in [5.41, 5.74) is -3.98. The van der Waals surface area contributed by atoms with E-state index in [1.54, 1.807) is 16.7 Å². The summed E-state index contributed by atoms with van der Waals surface area (Å²) in [6.45, 7) is 2.20. The number of unbranched alkanes of at least 4 members (excludes halogenated alkanes) is 1. The van der Waals surface area contributed by atoms with Crippen molar-refractivity contribution in [3.63, 3.8) is 0 Å². The van der Waals surface area contributed by atoms with Crippen molar-refractivity contribution in [2.75, 3.05) is 24.9 Å². The van der Waals surface area contributed by atoms with E-state index >= 15 is 0 Å². The zero-order chi connectivity index (χ0) is 21.4. The number of rotatable bonds is 10. The maximum atomic E-state index is 13.0. The number of alkyl halides is 3. The van der Waals surface area contributed by atoms with Gasteiger partial charge in [0.1, 0.15) is 24.5 Å². The molecule has 29 heavy (non-hydrogen) atoms. The highest BCUT2D eigenvalue weighted by Gasteiger charge is 2.40. The molecule has 3 atom stereocenters. The first-order chi connectivity index (χ1) is 13.8. The van der Waals surface area contributed by atoms with Crippen molar-refractivity contribution >= 4 is 11.8 Å². The van der Waals surface area contributed by atoms with Gasteiger partial charge in [0.2, 0.25) is 0 Å². The largest absolute Gasteiger partial charge is 0.423 e. The molecule has 0 bridgehead atoms. The van der Waals surface area contributed by atoms with Crippen molar-refractivity contribution in [3.8, 4) is 12.3 Å². The first-order valence-corrected chi connectivity index (χ1v) is 10.2. The maximum Gasteiger partial charge on any atom is 0.423 e. The molecule has 0 aliphatic carbocycles. The minimum absolute atomic E-state index is 0.0170. The molecule has 1 aliphatic rings. The number of terminal acetylenes is 1. The number of aromatic nitrogens is 2. The normalized spacial score (nSPS) is 22.0. The van der Waals surface area contributed by atoms with Crippen molar-refractivity contribution in [2.24, 2.45) is 0 Å². The molecular formula is C18H23F3N2O5S. The van der Waals surface area contributed by atoms with Gasteiger partial charge in [0.25, 0.3) is 5.56 Å². The molecule has 11 heteroatoms. The van der Waals surface area contributed by atoms with Gasteiger partial charge in [-0.15, -0.1) is 18.2 Å². The molecule has 162 valence electrons. The fourth-order valence-electron chi connectivity index (χ4n) is 2.78. The third kappa shape index (κ3) is 6.64. The van der Waals surface area contributed by atoms with Crippen LogP contribution in [0.25, 0.3) is 0 Å². The monoisotopic (exact) mass is 436 g/mol.